The highest BCUT2D eigenvalue weighted by Crippen LogP contribution is 2.26. The Morgan fingerprint density at radius 3 is 2.24 bits per heavy atom. The molecule has 21 heavy (non-hydrogen) atoms. The van der Waals surface area contributed by atoms with Gasteiger partial charge in [0.05, 0.1) is 0 Å². The van der Waals surface area contributed by atoms with E-state index in [9.17, 15) is 4.79 Å². The van der Waals surface area contributed by atoms with Crippen LogP contribution in [0.5, 0.6) is 11.5 Å². The highest BCUT2D eigenvalue weighted by atomic mass is 16.5. The molecule has 0 unspecified atom stereocenters. The standard InChI is InChI=1S/C17H18N2O2/c1-2-18-12-13-19(17(18)20)14-8-10-16(11-9-14)21-15-6-4-3-5-7-15/h3-11H,2,12-13H2,1H3. The van der Waals surface area contributed by atoms with Crippen LogP contribution in [0, 0.1) is 0 Å². The van der Waals surface area contributed by atoms with E-state index >= 15 is 0 Å². The molecule has 0 saturated carbocycles. The minimum Gasteiger partial charge on any atom is -0.457 e. The lowest BCUT2D eigenvalue weighted by Gasteiger charge is -2.17. The van der Waals surface area contributed by atoms with E-state index in [2.05, 4.69) is 0 Å². The average molecular weight is 282 g/mol. The normalized spacial score (nSPS) is 14.6. The van der Waals surface area contributed by atoms with Crippen LogP contribution in [0.4, 0.5) is 10.5 Å². The number of likely N-dealkylation sites (N-methyl/N-ethyl adjacent to an activating group) is 1. The number of ether oxygens (including phenoxy) is 1. The number of carbonyl (C=O) groups is 1. The average Bonchev–Trinajstić information content (AvgIpc) is 2.90. The summed E-state index contributed by atoms with van der Waals surface area (Å²) in [5.74, 6) is 1.57. The number of hydrogen-bond donors (Lipinski definition) is 0. The van der Waals surface area contributed by atoms with Crippen molar-refractivity contribution in [2.45, 2.75) is 6.92 Å². The summed E-state index contributed by atoms with van der Waals surface area (Å²) in [5, 5.41) is 0. The van der Waals surface area contributed by atoms with Gasteiger partial charge in [-0.25, -0.2) is 4.79 Å². The Bertz CT molecular complexity index is 610. The molecule has 1 heterocycles. The highest BCUT2D eigenvalue weighted by Gasteiger charge is 2.27. The number of nitrogens with zero attached hydrogens (tertiary/aromatic N) is 2. The summed E-state index contributed by atoms with van der Waals surface area (Å²) >= 11 is 0. The van der Waals surface area contributed by atoms with Crippen LogP contribution in [0.1, 0.15) is 6.92 Å². The predicted molar refractivity (Wildman–Crippen MR) is 82.9 cm³/mol. The van der Waals surface area contributed by atoms with Gasteiger partial charge in [0.15, 0.2) is 0 Å². The molecule has 0 aromatic heterocycles. The molecule has 0 radical (unpaired) electrons. The SMILES string of the molecule is CCN1CCN(c2ccc(Oc3ccccc3)cc2)C1=O. The van der Waals surface area contributed by atoms with E-state index in [1.165, 1.54) is 0 Å². The molecular weight excluding hydrogens is 264 g/mol. The molecule has 3 rings (SSSR count). The predicted octanol–water partition coefficient (Wildman–Crippen LogP) is 3.74. The zero-order valence-electron chi connectivity index (χ0n) is 12.0. The highest BCUT2D eigenvalue weighted by molar-refractivity contribution is 5.94. The van der Waals surface area contributed by atoms with Gasteiger partial charge in [0, 0.05) is 25.3 Å². The van der Waals surface area contributed by atoms with Gasteiger partial charge in [-0.3, -0.25) is 4.90 Å². The molecule has 1 fully saturated rings. The second-order valence-corrected chi connectivity index (χ2v) is 4.92. The Morgan fingerprint density at radius 2 is 1.62 bits per heavy atom. The van der Waals surface area contributed by atoms with Crippen LogP contribution in [-0.4, -0.2) is 30.6 Å². The lowest BCUT2D eigenvalue weighted by molar-refractivity contribution is 0.223. The van der Waals surface area contributed by atoms with E-state index < -0.39 is 0 Å². The van der Waals surface area contributed by atoms with Gasteiger partial charge >= 0.3 is 6.03 Å². The summed E-state index contributed by atoms with van der Waals surface area (Å²) in [6, 6.07) is 17.4. The third kappa shape index (κ3) is 2.84. The zero-order chi connectivity index (χ0) is 14.7. The van der Waals surface area contributed by atoms with Gasteiger partial charge in [0.25, 0.3) is 0 Å². The number of carbonyl (C=O) groups excluding carboxylic acids is 1. The van der Waals surface area contributed by atoms with Crippen LogP contribution < -0.4 is 9.64 Å². The first kappa shape index (κ1) is 13.5. The van der Waals surface area contributed by atoms with Crippen molar-refractivity contribution in [2.24, 2.45) is 0 Å². The second-order valence-electron chi connectivity index (χ2n) is 4.92. The molecule has 1 saturated heterocycles. The summed E-state index contributed by atoms with van der Waals surface area (Å²) in [6.07, 6.45) is 0. The molecule has 108 valence electrons. The lowest BCUT2D eigenvalue weighted by atomic mass is 10.3. The van der Waals surface area contributed by atoms with Gasteiger partial charge in [0.2, 0.25) is 0 Å². The molecule has 1 aliphatic rings. The van der Waals surface area contributed by atoms with Crippen LogP contribution in [0.2, 0.25) is 0 Å². The van der Waals surface area contributed by atoms with Crippen LogP contribution in [-0.2, 0) is 0 Å². The number of anilines is 1. The van der Waals surface area contributed by atoms with Crippen LogP contribution >= 0.6 is 0 Å². The summed E-state index contributed by atoms with van der Waals surface area (Å²) in [5.41, 5.74) is 0.913. The molecule has 0 bridgehead atoms. The van der Waals surface area contributed by atoms with Crippen molar-refractivity contribution in [3.8, 4) is 11.5 Å². The number of para-hydroxylation sites is 1. The number of hydrogen-bond acceptors (Lipinski definition) is 2. The third-order valence-electron chi connectivity index (χ3n) is 3.60. The number of urea groups is 1. The monoisotopic (exact) mass is 282 g/mol. The molecule has 2 aromatic rings. The molecule has 4 nitrogen and oxygen atoms in total. The molecule has 0 aliphatic carbocycles. The molecule has 2 aromatic carbocycles. The van der Waals surface area contributed by atoms with Gasteiger partial charge in [-0.15, -0.1) is 0 Å². The maximum atomic E-state index is 12.1. The van der Waals surface area contributed by atoms with Crippen molar-refractivity contribution >= 4 is 11.7 Å². The van der Waals surface area contributed by atoms with Crippen LogP contribution in [0.25, 0.3) is 0 Å². The van der Waals surface area contributed by atoms with Crippen molar-refractivity contribution in [1.82, 2.24) is 4.90 Å². The smallest absolute Gasteiger partial charge is 0.324 e. The fraction of sp³-hybridized carbons (Fsp3) is 0.235. The van der Waals surface area contributed by atoms with Crippen molar-refractivity contribution in [1.29, 1.82) is 0 Å². The molecular formula is C17H18N2O2. The van der Waals surface area contributed by atoms with Crippen LogP contribution in [0.3, 0.4) is 0 Å². The maximum Gasteiger partial charge on any atom is 0.324 e. The van der Waals surface area contributed by atoms with E-state index in [0.29, 0.717) is 0 Å². The minimum absolute atomic E-state index is 0.0780. The molecule has 1 aliphatic heterocycles. The number of amides is 2. The third-order valence-corrected chi connectivity index (χ3v) is 3.60. The van der Waals surface area contributed by atoms with Crippen molar-refractivity contribution in [3.63, 3.8) is 0 Å². The lowest BCUT2D eigenvalue weighted by Crippen LogP contribution is -2.31. The molecule has 0 N–H and O–H groups in total. The van der Waals surface area contributed by atoms with Gasteiger partial charge < -0.3 is 9.64 Å². The Kier molecular flexibility index (Phi) is 3.77. The van der Waals surface area contributed by atoms with E-state index in [1.54, 1.807) is 4.90 Å². The van der Waals surface area contributed by atoms with E-state index in [-0.39, 0.29) is 6.03 Å². The van der Waals surface area contributed by atoms with Gasteiger partial charge in [-0.1, -0.05) is 18.2 Å². The summed E-state index contributed by atoms with van der Waals surface area (Å²) in [4.78, 5) is 15.8. The Balaban J connectivity index is 1.71. The quantitative estimate of drug-likeness (QED) is 0.855. The van der Waals surface area contributed by atoms with Crippen molar-refractivity contribution in [2.75, 3.05) is 24.5 Å². The van der Waals surface area contributed by atoms with Crippen molar-refractivity contribution in [3.05, 3.63) is 54.6 Å². The minimum atomic E-state index is 0.0780. The summed E-state index contributed by atoms with van der Waals surface area (Å²) in [7, 11) is 0. The van der Waals surface area contributed by atoms with E-state index in [0.717, 1.165) is 36.8 Å². The maximum absolute atomic E-state index is 12.1. The Morgan fingerprint density at radius 1 is 0.952 bits per heavy atom. The number of benzene rings is 2. The fourth-order valence-corrected chi connectivity index (χ4v) is 2.43. The summed E-state index contributed by atoms with van der Waals surface area (Å²) < 4.78 is 5.75. The topological polar surface area (TPSA) is 32.8 Å². The largest absolute Gasteiger partial charge is 0.457 e. The van der Waals surface area contributed by atoms with E-state index in [4.69, 9.17) is 4.74 Å². The zero-order valence-corrected chi connectivity index (χ0v) is 12.0. The summed E-state index contributed by atoms with van der Waals surface area (Å²) in [6.45, 7) is 4.28. The van der Waals surface area contributed by atoms with Gasteiger partial charge in [-0.05, 0) is 43.3 Å². The molecule has 0 atom stereocenters. The van der Waals surface area contributed by atoms with E-state index in [1.807, 2.05) is 66.4 Å². The van der Waals surface area contributed by atoms with Crippen LogP contribution in [0.15, 0.2) is 54.6 Å². The fourth-order valence-electron chi connectivity index (χ4n) is 2.43. The first-order valence-electron chi connectivity index (χ1n) is 7.17. The Labute approximate surface area is 124 Å². The Hall–Kier alpha value is -2.49. The number of rotatable bonds is 4. The van der Waals surface area contributed by atoms with Gasteiger partial charge in [0.1, 0.15) is 11.5 Å². The first-order chi connectivity index (χ1) is 10.3. The van der Waals surface area contributed by atoms with Crippen molar-refractivity contribution < 1.29 is 9.53 Å². The second kappa shape index (κ2) is 5.87. The molecule has 0 spiro atoms. The molecule has 4 heteroatoms. The van der Waals surface area contributed by atoms with Gasteiger partial charge in [-0.2, -0.15) is 0 Å². The molecule has 2 amide bonds. The first-order valence-corrected chi connectivity index (χ1v) is 7.17.